The summed E-state index contributed by atoms with van der Waals surface area (Å²) in [6, 6.07) is 6.26. The second-order valence-electron chi connectivity index (χ2n) is 6.20. The summed E-state index contributed by atoms with van der Waals surface area (Å²) in [6.45, 7) is 5.45. The van der Waals surface area contributed by atoms with Gasteiger partial charge in [0.05, 0.1) is 25.3 Å². The number of amides is 1. The SMILES string of the molecule is Cc1nn(C)c(C)c1CC(=O)N1CCOC(c2ccc(F)cc2)C1. The summed E-state index contributed by atoms with van der Waals surface area (Å²) in [5.41, 5.74) is 3.80. The summed E-state index contributed by atoms with van der Waals surface area (Å²) in [5, 5.41) is 4.37. The molecule has 24 heavy (non-hydrogen) atoms. The molecular formula is C18H22FN3O2. The number of ether oxygens (including phenoxy) is 1. The first-order valence-corrected chi connectivity index (χ1v) is 8.09. The lowest BCUT2D eigenvalue weighted by Gasteiger charge is -2.33. The molecule has 3 rings (SSSR count). The van der Waals surface area contributed by atoms with E-state index in [4.69, 9.17) is 4.74 Å². The largest absolute Gasteiger partial charge is 0.370 e. The molecule has 0 aliphatic carbocycles. The van der Waals surface area contributed by atoms with Gasteiger partial charge < -0.3 is 9.64 Å². The van der Waals surface area contributed by atoms with Gasteiger partial charge in [-0.25, -0.2) is 4.39 Å². The molecule has 6 heteroatoms. The fourth-order valence-electron chi connectivity index (χ4n) is 3.09. The highest BCUT2D eigenvalue weighted by molar-refractivity contribution is 5.79. The van der Waals surface area contributed by atoms with E-state index < -0.39 is 0 Å². The molecular weight excluding hydrogens is 309 g/mol. The number of rotatable bonds is 3. The predicted molar refractivity (Wildman–Crippen MR) is 88.1 cm³/mol. The second-order valence-corrected chi connectivity index (χ2v) is 6.20. The third-order valence-corrected chi connectivity index (χ3v) is 4.65. The smallest absolute Gasteiger partial charge is 0.227 e. The summed E-state index contributed by atoms with van der Waals surface area (Å²) >= 11 is 0. The van der Waals surface area contributed by atoms with Crippen LogP contribution in [0, 0.1) is 19.7 Å². The van der Waals surface area contributed by atoms with Crippen molar-refractivity contribution in [3.8, 4) is 0 Å². The molecule has 0 spiro atoms. The first kappa shape index (κ1) is 16.6. The van der Waals surface area contributed by atoms with Crippen LogP contribution in [0.4, 0.5) is 4.39 Å². The Labute approximate surface area is 141 Å². The standard InChI is InChI=1S/C18H22FN3O2/c1-12-16(13(2)21(3)20-12)10-18(23)22-8-9-24-17(11-22)14-4-6-15(19)7-5-14/h4-7,17H,8-11H2,1-3H3. The maximum Gasteiger partial charge on any atom is 0.227 e. The lowest BCUT2D eigenvalue weighted by atomic mass is 10.1. The summed E-state index contributed by atoms with van der Waals surface area (Å²) in [5.74, 6) is -0.199. The molecule has 1 amide bonds. The van der Waals surface area contributed by atoms with Gasteiger partial charge in [-0.15, -0.1) is 0 Å². The van der Waals surface area contributed by atoms with Crippen molar-refractivity contribution in [1.82, 2.24) is 14.7 Å². The van der Waals surface area contributed by atoms with Gasteiger partial charge in [-0.05, 0) is 31.5 Å². The van der Waals surface area contributed by atoms with Crippen molar-refractivity contribution < 1.29 is 13.9 Å². The maximum absolute atomic E-state index is 13.1. The normalized spacial score (nSPS) is 18.0. The van der Waals surface area contributed by atoms with Crippen LogP contribution >= 0.6 is 0 Å². The van der Waals surface area contributed by atoms with E-state index in [9.17, 15) is 9.18 Å². The Morgan fingerprint density at radius 1 is 1.33 bits per heavy atom. The minimum absolute atomic E-state index is 0.0737. The molecule has 1 aliphatic rings. The molecule has 2 aromatic rings. The van der Waals surface area contributed by atoms with Crippen LogP contribution in [0.1, 0.15) is 28.6 Å². The van der Waals surface area contributed by atoms with Gasteiger partial charge in [-0.1, -0.05) is 12.1 Å². The maximum atomic E-state index is 13.1. The van der Waals surface area contributed by atoms with E-state index in [1.54, 1.807) is 16.8 Å². The molecule has 0 saturated carbocycles. The zero-order valence-electron chi connectivity index (χ0n) is 14.3. The number of carbonyl (C=O) groups excluding carboxylic acids is 1. The summed E-state index contributed by atoms with van der Waals surface area (Å²) in [6.07, 6.45) is 0.140. The van der Waals surface area contributed by atoms with Crippen LogP contribution < -0.4 is 0 Å². The highest BCUT2D eigenvalue weighted by atomic mass is 19.1. The first-order valence-electron chi connectivity index (χ1n) is 8.09. The molecule has 1 atom stereocenters. The average molecular weight is 331 g/mol. The van der Waals surface area contributed by atoms with Gasteiger partial charge in [0.2, 0.25) is 5.91 Å². The Bertz CT molecular complexity index is 739. The fraction of sp³-hybridized carbons (Fsp3) is 0.444. The first-order chi connectivity index (χ1) is 11.5. The molecule has 1 fully saturated rings. The number of halogens is 1. The molecule has 0 N–H and O–H groups in total. The number of carbonyl (C=O) groups is 1. The zero-order valence-corrected chi connectivity index (χ0v) is 14.3. The second kappa shape index (κ2) is 6.73. The number of morpholine rings is 1. The lowest BCUT2D eigenvalue weighted by molar-refractivity contribution is -0.138. The minimum atomic E-state index is -0.273. The average Bonchev–Trinajstić information content (AvgIpc) is 2.82. The summed E-state index contributed by atoms with van der Waals surface area (Å²) in [4.78, 5) is 14.5. The summed E-state index contributed by atoms with van der Waals surface area (Å²) < 4.78 is 20.6. The molecule has 5 nitrogen and oxygen atoms in total. The quantitative estimate of drug-likeness (QED) is 0.867. The van der Waals surface area contributed by atoms with Gasteiger partial charge in [0, 0.05) is 24.8 Å². The monoisotopic (exact) mass is 331 g/mol. The van der Waals surface area contributed by atoms with Crippen LogP contribution in [0.3, 0.4) is 0 Å². The highest BCUT2D eigenvalue weighted by Crippen LogP contribution is 2.23. The van der Waals surface area contributed by atoms with Crippen molar-refractivity contribution in [2.24, 2.45) is 7.05 Å². The van der Waals surface area contributed by atoms with Crippen LogP contribution in [0.15, 0.2) is 24.3 Å². The molecule has 2 heterocycles. The van der Waals surface area contributed by atoms with Crippen molar-refractivity contribution in [2.45, 2.75) is 26.4 Å². The van der Waals surface area contributed by atoms with Gasteiger partial charge in [-0.3, -0.25) is 9.48 Å². The van der Waals surface area contributed by atoms with E-state index in [0.29, 0.717) is 26.1 Å². The van der Waals surface area contributed by atoms with Gasteiger partial charge in [0.25, 0.3) is 0 Å². The van der Waals surface area contributed by atoms with Gasteiger partial charge >= 0.3 is 0 Å². The number of hydrogen-bond acceptors (Lipinski definition) is 3. The number of aryl methyl sites for hydroxylation is 2. The number of nitrogens with zero attached hydrogens (tertiary/aromatic N) is 3. The van der Waals surface area contributed by atoms with Crippen LogP contribution in [0.2, 0.25) is 0 Å². The molecule has 0 radical (unpaired) electrons. The summed E-state index contributed by atoms with van der Waals surface area (Å²) in [7, 11) is 1.88. The van der Waals surface area contributed by atoms with Crippen LogP contribution in [-0.4, -0.2) is 40.3 Å². The highest BCUT2D eigenvalue weighted by Gasteiger charge is 2.26. The van der Waals surface area contributed by atoms with E-state index in [0.717, 1.165) is 22.5 Å². The van der Waals surface area contributed by atoms with Crippen molar-refractivity contribution in [1.29, 1.82) is 0 Å². The van der Waals surface area contributed by atoms with Gasteiger partial charge in [0.15, 0.2) is 0 Å². The van der Waals surface area contributed by atoms with E-state index in [1.165, 1.54) is 12.1 Å². The Balaban J connectivity index is 1.70. The van der Waals surface area contributed by atoms with E-state index >= 15 is 0 Å². The molecule has 1 unspecified atom stereocenters. The van der Waals surface area contributed by atoms with Gasteiger partial charge in [-0.2, -0.15) is 5.10 Å². The topological polar surface area (TPSA) is 47.4 Å². The van der Waals surface area contributed by atoms with Crippen LogP contribution in [0.5, 0.6) is 0 Å². The Morgan fingerprint density at radius 2 is 2.04 bits per heavy atom. The van der Waals surface area contributed by atoms with Gasteiger partial charge in [0.1, 0.15) is 11.9 Å². The number of aromatic nitrogens is 2. The van der Waals surface area contributed by atoms with Crippen molar-refractivity contribution in [3.63, 3.8) is 0 Å². The fourth-order valence-corrected chi connectivity index (χ4v) is 3.09. The van der Waals surface area contributed by atoms with Crippen molar-refractivity contribution in [3.05, 3.63) is 52.6 Å². The zero-order chi connectivity index (χ0) is 17.3. The molecule has 1 aromatic carbocycles. The Hall–Kier alpha value is -2.21. The van der Waals surface area contributed by atoms with E-state index in [-0.39, 0.29) is 17.8 Å². The molecule has 1 saturated heterocycles. The van der Waals surface area contributed by atoms with Crippen molar-refractivity contribution >= 4 is 5.91 Å². The number of hydrogen-bond donors (Lipinski definition) is 0. The van der Waals surface area contributed by atoms with Crippen LogP contribution in [0.25, 0.3) is 0 Å². The molecule has 1 aliphatic heterocycles. The molecule has 0 bridgehead atoms. The number of benzene rings is 1. The Kier molecular flexibility index (Phi) is 4.66. The van der Waals surface area contributed by atoms with Crippen molar-refractivity contribution in [2.75, 3.05) is 19.7 Å². The Morgan fingerprint density at radius 3 is 2.67 bits per heavy atom. The lowest BCUT2D eigenvalue weighted by Crippen LogP contribution is -2.43. The molecule has 128 valence electrons. The van der Waals surface area contributed by atoms with E-state index in [2.05, 4.69) is 5.10 Å². The third kappa shape index (κ3) is 3.33. The minimum Gasteiger partial charge on any atom is -0.370 e. The van der Waals surface area contributed by atoms with Crippen LogP contribution in [-0.2, 0) is 23.0 Å². The molecule has 1 aromatic heterocycles. The predicted octanol–water partition coefficient (Wildman–Crippen LogP) is 2.32. The third-order valence-electron chi connectivity index (χ3n) is 4.65. The van der Waals surface area contributed by atoms with E-state index in [1.807, 2.05) is 25.8 Å².